The number of nitrogens with zero attached hydrogens (tertiary/aromatic N) is 2. The molecule has 0 radical (unpaired) electrons. The molecule has 3 N–H and O–H groups in total. The fourth-order valence-electron chi connectivity index (χ4n) is 2.52. The van der Waals surface area contributed by atoms with Crippen molar-refractivity contribution in [1.82, 2.24) is 0 Å². The molecule has 0 saturated carbocycles. The normalized spacial score (nSPS) is 18.9. The summed E-state index contributed by atoms with van der Waals surface area (Å²) in [4.78, 5) is 23.7. The SMILES string of the molecule is NC(=O)c1ccc(N2CCCC(CO)C2)c([N+](=O)[O-])c1. The van der Waals surface area contributed by atoms with Gasteiger partial charge in [0.15, 0.2) is 0 Å². The lowest BCUT2D eigenvalue weighted by atomic mass is 9.98. The lowest BCUT2D eigenvalue weighted by Crippen LogP contribution is -2.37. The summed E-state index contributed by atoms with van der Waals surface area (Å²) in [5.41, 5.74) is 5.61. The summed E-state index contributed by atoms with van der Waals surface area (Å²) in [6, 6.07) is 4.26. The number of nitro groups is 1. The van der Waals surface area contributed by atoms with E-state index in [1.165, 1.54) is 12.1 Å². The number of carbonyl (C=O) groups excluding carboxylic acids is 1. The number of aliphatic hydroxyl groups excluding tert-OH is 1. The lowest BCUT2D eigenvalue weighted by Gasteiger charge is -2.33. The number of nitro benzene ring substituents is 1. The first-order valence-corrected chi connectivity index (χ1v) is 6.47. The largest absolute Gasteiger partial charge is 0.396 e. The first-order chi connectivity index (χ1) is 9.52. The van der Waals surface area contributed by atoms with Crippen LogP contribution >= 0.6 is 0 Å². The quantitative estimate of drug-likeness (QED) is 0.628. The van der Waals surface area contributed by atoms with Crippen molar-refractivity contribution in [2.45, 2.75) is 12.8 Å². The number of primary amides is 1. The zero-order chi connectivity index (χ0) is 14.7. The van der Waals surface area contributed by atoms with Gasteiger partial charge in [0.25, 0.3) is 5.69 Å². The number of benzene rings is 1. The standard InChI is InChI=1S/C13H17N3O4/c14-13(18)10-3-4-11(12(6-10)16(19)20)15-5-1-2-9(7-15)8-17/h3-4,6,9,17H,1-2,5,7-8H2,(H2,14,18). The average molecular weight is 279 g/mol. The highest BCUT2D eigenvalue weighted by Gasteiger charge is 2.26. The summed E-state index contributed by atoms with van der Waals surface area (Å²) in [5.74, 6) is -0.564. The van der Waals surface area contributed by atoms with Gasteiger partial charge in [0, 0.05) is 31.3 Å². The van der Waals surface area contributed by atoms with Gasteiger partial charge in [-0.05, 0) is 30.9 Å². The van der Waals surface area contributed by atoms with E-state index >= 15 is 0 Å². The monoisotopic (exact) mass is 279 g/mol. The Morgan fingerprint density at radius 3 is 2.90 bits per heavy atom. The van der Waals surface area contributed by atoms with E-state index in [2.05, 4.69) is 0 Å². The van der Waals surface area contributed by atoms with Crippen molar-refractivity contribution in [2.24, 2.45) is 11.7 Å². The van der Waals surface area contributed by atoms with Crippen molar-refractivity contribution in [1.29, 1.82) is 0 Å². The van der Waals surface area contributed by atoms with E-state index in [0.29, 0.717) is 18.8 Å². The van der Waals surface area contributed by atoms with Crippen molar-refractivity contribution in [3.63, 3.8) is 0 Å². The zero-order valence-electron chi connectivity index (χ0n) is 11.0. The van der Waals surface area contributed by atoms with Crippen LogP contribution in [-0.4, -0.2) is 35.6 Å². The highest BCUT2D eigenvalue weighted by atomic mass is 16.6. The second kappa shape index (κ2) is 5.87. The highest BCUT2D eigenvalue weighted by Crippen LogP contribution is 2.32. The zero-order valence-corrected chi connectivity index (χ0v) is 11.0. The van der Waals surface area contributed by atoms with Crippen LogP contribution in [0.3, 0.4) is 0 Å². The number of hydrogen-bond donors (Lipinski definition) is 2. The Balaban J connectivity index is 2.35. The number of carbonyl (C=O) groups is 1. The van der Waals surface area contributed by atoms with Gasteiger partial charge in [-0.3, -0.25) is 14.9 Å². The van der Waals surface area contributed by atoms with Gasteiger partial charge in [-0.25, -0.2) is 0 Å². The molecule has 7 heteroatoms. The molecule has 1 amide bonds. The molecule has 108 valence electrons. The molecule has 0 bridgehead atoms. The molecule has 20 heavy (non-hydrogen) atoms. The van der Waals surface area contributed by atoms with Gasteiger partial charge < -0.3 is 15.7 Å². The third-order valence-electron chi connectivity index (χ3n) is 3.57. The smallest absolute Gasteiger partial charge is 0.293 e. The fourth-order valence-corrected chi connectivity index (χ4v) is 2.52. The molecule has 1 unspecified atom stereocenters. The van der Waals surface area contributed by atoms with Crippen LogP contribution in [0, 0.1) is 16.0 Å². The molecule has 1 aromatic rings. The van der Waals surface area contributed by atoms with Crippen LogP contribution in [0.15, 0.2) is 18.2 Å². The van der Waals surface area contributed by atoms with E-state index in [1.807, 2.05) is 4.90 Å². The third-order valence-corrected chi connectivity index (χ3v) is 3.57. The van der Waals surface area contributed by atoms with Gasteiger partial charge in [0.1, 0.15) is 5.69 Å². The molecule has 2 rings (SSSR count). The third kappa shape index (κ3) is 2.88. The first-order valence-electron chi connectivity index (χ1n) is 6.47. The second-order valence-corrected chi connectivity index (χ2v) is 4.96. The summed E-state index contributed by atoms with van der Waals surface area (Å²) in [5, 5.41) is 20.4. The Morgan fingerprint density at radius 1 is 1.55 bits per heavy atom. The predicted molar refractivity (Wildman–Crippen MR) is 73.6 cm³/mol. The van der Waals surface area contributed by atoms with Crippen molar-refractivity contribution < 1.29 is 14.8 Å². The van der Waals surface area contributed by atoms with Crippen LogP contribution in [0.2, 0.25) is 0 Å². The molecular formula is C13H17N3O4. The number of hydrogen-bond acceptors (Lipinski definition) is 5. The van der Waals surface area contributed by atoms with Crippen molar-refractivity contribution in [3.05, 3.63) is 33.9 Å². The Hall–Kier alpha value is -2.15. The number of piperidine rings is 1. The number of rotatable bonds is 4. The fraction of sp³-hybridized carbons (Fsp3) is 0.462. The molecule has 1 aliphatic heterocycles. The summed E-state index contributed by atoms with van der Waals surface area (Å²) in [6.07, 6.45) is 1.79. The van der Waals surface area contributed by atoms with Gasteiger partial charge in [0.2, 0.25) is 5.91 Å². The molecule has 7 nitrogen and oxygen atoms in total. The molecule has 0 spiro atoms. The molecule has 1 fully saturated rings. The molecule has 0 aliphatic carbocycles. The highest BCUT2D eigenvalue weighted by molar-refractivity contribution is 5.94. The maximum absolute atomic E-state index is 11.2. The second-order valence-electron chi connectivity index (χ2n) is 4.96. The topological polar surface area (TPSA) is 110 Å². The van der Waals surface area contributed by atoms with Gasteiger partial charge in [-0.15, -0.1) is 0 Å². The number of aliphatic hydroxyl groups is 1. The minimum atomic E-state index is -0.688. The predicted octanol–water partition coefficient (Wildman–Crippen LogP) is 0.902. The maximum atomic E-state index is 11.2. The molecule has 1 heterocycles. The van der Waals surface area contributed by atoms with E-state index in [4.69, 9.17) is 5.73 Å². The maximum Gasteiger partial charge on any atom is 0.293 e. The summed E-state index contributed by atoms with van der Waals surface area (Å²) < 4.78 is 0. The van der Waals surface area contributed by atoms with Gasteiger partial charge >= 0.3 is 0 Å². The molecule has 1 aromatic carbocycles. The average Bonchev–Trinajstić information content (AvgIpc) is 2.46. The Labute approximate surface area is 116 Å². The number of amides is 1. The number of anilines is 1. The Bertz CT molecular complexity index is 532. The summed E-state index contributed by atoms with van der Waals surface area (Å²) in [7, 11) is 0. The van der Waals surface area contributed by atoms with Crippen LogP contribution in [0.1, 0.15) is 23.2 Å². The van der Waals surface area contributed by atoms with Crippen LogP contribution in [-0.2, 0) is 0 Å². The van der Waals surface area contributed by atoms with E-state index in [1.54, 1.807) is 6.07 Å². The molecule has 1 aliphatic rings. The van der Waals surface area contributed by atoms with E-state index in [-0.39, 0.29) is 23.8 Å². The molecule has 0 aromatic heterocycles. The Morgan fingerprint density at radius 2 is 2.30 bits per heavy atom. The molecular weight excluding hydrogens is 262 g/mol. The van der Waals surface area contributed by atoms with Crippen LogP contribution in [0.25, 0.3) is 0 Å². The van der Waals surface area contributed by atoms with Crippen molar-refractivity contribution in [3.8, 4) is 0 Å². The van der Waals surface area contributed by atoms with Gasteiger partial charge in [0.05, 0.1) is 4.92 Å². The van der Waals surface area contributed by atoms with E-state index < -0.39 is 10.8 Å². The minimum absolute atomic E-state index is 0.0731. The van der Waals surface area contributed by atoms with Crippen LogP contribution < -0.4 is 10.6 Å². The molecule has 1 atom stereocenters. The first kappa shape index (κ1) is 14.3. The Kier molecular flexibility index (Phi) is 4.19. The summed E-state index contributed by atoms with van der Waals surface area (Å²) >= 11 is 0. The van der Waals surface area contributed by atoms with Crippen molar-refractivity contribution >= 4 is 17.3 Å². The van der Waals surface area contributed by atoms with E-state index in [0.717, 1.165) is 12.8 Å². The van der Waals surface area contributed by atoms with Crippen molar-refractivity contribution in [2.75, 3.05) is 24.6 Å². The number of nitrogens with two attached hydrogens (primary N) is 1. The summed E-state index contributed by atoms with van der Waals surface area (Å²) in [6.45, 7) is 1.35. The van der Waals surface area contributed by atoms with Crippen LogP contribution in [0.5, 0.6) is 0 Å². The van der Waals surface area contributed by atoms with Crippen LogP contribution in [0.4, 0.5) is 11.4 Å². The minimum Gasteiger partial charge on any atom is -0.396 e. The molecule has 1 saturated heterocycles. The lowest BCUT2D eigenvalue weighted by molar-refractivity contribution is -0.384. The van der Waals surface area contributed by atoms with E-state index in [9.17, 15) is 20.0 Å². The van der Waals surface area contributed by atoms with Gasteiger partial charge in [-0.1, -0.05) is 0 Å². The van der Waals surface area contributed by atoms with Gasteiger partial charge in [-0.2, -0.15) is 0 Å².